The molecule has 0 aliphatic carbocycles. The molecule has 0 aliphatic heterocycles. The van der Waals surface area contributed by atoms with Crippen molar-refractivity contribution in [1.29, 1.82) is 0 Å². The van der Waals surface area contributed by atoms with Gasteiger partial charge in [-0.2, -0.15) is 0 Å². The van der Waals surface area contributed by atoms with Crippen LogP contribution in [0.3, 0.4) is 0 Å². The highest BCUT2D eigenvalue weighted by Crippen LogP contribution is 1.93. The lowest BCUT2D eigenvalue weighted by Crippen LogP contribution is -2.15. The Labute approximate surface area is 62.6 Å². The summed E-state index contributed by atoms with van der Waals surface area (Å²) in [7, 11) is 0. The molecule has 60 valence electrons. The standard InChI is InChI=1S/C6H10O2.C2H6/c1-4(2)6(8)5(3)7;1-2/h4H,1-3H3;1-2H3. The van der Waals surface area contributed by atoms with Crippen molar-refractivity contribution in [2.75, 3.05) is 0 Å². The van der Waals surface area contributed by atoms with Crippen LogP contribution in [-0.4, -0.2) is 11.6 Å². The molecule has 0 unspecified atom stereocenters. The Balaban J connectivity index is 0. The minimum Gasteiger partial charge on any atom is -0.291 e. The van der Waals surface area contributed by atoms with E-state index in [0.29, 0.717) is 0 Å². The molecular formula is C8H16O2. The maximum atomic E-state index is 10.5. The zero-order valence-electron chi connectivity index (χ0n) is 7.39. The molecule has 0 aromatic carbocycles. The molecule has 0 saturated heterocycles. The fraction of sp³-hybridized carbons (Fsp3) is 0.750. The summed E-state index contributed by atoms with van der Waals surface area (Å²) < 4.78 is 0. The van der Waals surface area contributed by atoms with Crippen LogP contribution in [0.25, 0.3) is 0 Å². The molecule has 0 heterocycles. The number of hydrogen-bond donors (Lipinski definition) is 0. The molecule has 2 heteroatoms. The van der Waals surface area contributed by atoms with Crippen molar-refractivity contribution in [2.45, 2.75) is 34.6 Å². The van der Waals surface area contributed by atoms with Gasteiger partial charge in [-0.05, 0) is 0 Å². The number of ketones is 2. The van der Waals surface area contributed by atoms with Crippen molar-refractivity contribution >= 4 is 11.6 Å². The highest BCUT2D eigenvalue weighted by atomic mass is 16.2. The van der Waals surface area contributed by atoms with Gasteiger partial charge in [0.15, 0.2) is 5.78 Å². The average molecular weight is 144 g/mol. The van der Waals surface area contributed by atoms with E-state index in [4.69, 9.17) is 0 Å². The van der Waals surface area contributed by atoms with Crippen LogP contribution in [0, 0.1) is 5.92 Å². The van der Waals surface area contributed by atoms with E-state index in [0.717, 1.165) is 0 Å². The van der Waals surface area contributed by atoms with Crippen LogP contribution < -0.4 is 0 Å². The summed E-state index contributed by atoms with van der Waals surface area (Å²) in [5.41, 5.74) is 0. The molecule has 10 heavy (non-hydrogen) atoms. The van der Waals surface area contributed by atoms with E-state index >= 15 is 0 Å². The molecule has 2 nitrogen and oxygen atoms in total. The monoisotopic (exact) mass is 144 g/mol. The van der Waals surface area contributed by atoms with Gasteiger partial charge in [-0.3, -0.25) is 9.59 Å². The predicted octanol–water partition coefficient (Wildman–Crippen LogP) is 1.83. The topological polar surface area (TPSA) is 34.1 Å². The Bertz CT molecular complexity index is 114. The van der Waals surface area contributed by atoms with Gasteiger partial charge in [-0.15, -0.1) is 0 Å². The van der Waals surface area contributed by atoms with E-state index in [2.05, 4.69) is 0 Å². The lowest BCUT2D eigenvalue weighted by Gasteiger charge is -1.95. The lowest BCUT2D eigenvalue weighted by molar-refractivity contribution is -0.137. The molecule has 0 aliphatic rings. The summed E-state index contributed by atoms with van der Waals surface area (Å²) >= 11 is 0. The minimum atomic E-state index is -0.347. The van der Waals surface area contributed by atoms with Crippen LogP contribution in [0.2, 0.25) is 0 Å². The Morgan fingerprint density at radius 1 is 1.10 bits per heavy atom. The van der Waals surface area contributed by atoms with Gasteiger partial charge < -0.3 is 0 Å². The quantitative estimate of drug-likeness (QED) is 0.554. The summed E-state index contributed by atoms with van der Waals surface area (Å²) in [5.74, 6) is -0.780. The molecule has 0 atom stereocenters. The van der Waals surface area contributed by atoms with Crippen LogP contribution in [-0.2, 0) is 9.59 Å². The second kappa shape index (κ2) is 6.46. The number of carbonyl (C=O) groups excluding carboxylic acids is 2. The third-order valence-electron chi connectivity index (χ3n) is 0.871. The van der Waals surface area contributed by atoms with Crippen LogP contribution in [0.5, 0.6) is 0 Å². The summed E-state index contributed by atoms with van der Waals surface area (Å²) in [4.78, 5) is 20.7. The average Bonchev–Trinajstić information content (AvgIpc) is 1.90. The SMILES string of the molecule is CC.CC(=O)C(=O)C(C)C. The Kier molecular flexibility index (Phi) is 7.79. The predicted molar refractivity (Wildman–Crippen MR) is 41.9 cm³/mol. The molecule has 0 bridgehead atoms. The van der Waals surface area contributed by atoms with Gasteiger partial charge in [0.1, 0.15) is 0 Å². The number of hydrogen-bond acceptors (Lipinski definition) is 2. The van der Waals surface area contributed by atoms with Crippen molar-refractivity contribution in [2.24, 2.45) is 5.92 Å². The van der Waals surface area contributed by atoms with Gasteiger partial charge in [-0.25, -0.2) is 0 Å². The highest BCUT2D eigenvalue weighted by molar-refractivity contribution is 6.36. The minimum absolute atomic E-state index is 0.146. The zero-order chi connectivity index (χ0) is 8.73. The molecule has 0 radical (unpaired) electrons. The van der Waals surface area contributed by atoms with E-state index in [9.17, 15) is 9.59 Å². The van der Waals surface area contributed by atoms with Gasteiger partial charge in [-0.1, -0.05) is 27.7 Å². The smallest absolute Gasteiger partial charge is 0.200 e. The number of carbonyl (C=O) groups is 2. The maximum absolute atomic E-state index is 10.5. The Hall–Kier alpha value is -0.660. The molecule has 0 N–H and O–H groups in total. The summed E-state index contributed by atoms with van der Waals surface area (Å²) in [6.45, 7) is 8.72. The summed E-state index contributed by atoms with van der Waals surface area (Å²) in [5, 5.41) is 0. The first kappa shape index (κ1) is 12.1. The van der Waals surface area contributed by atoms with E-state index in [1.54, 1.807) is 13.8 Å². The Morgan fingerprint density at radius 3 is 1.40 bits per heavy atom. The van der Waals surface area contributed by atoms with Crippen molar-refractivity contribution in [1.82, 2.24) is 0 Å². The lowest BCUT2D eigenvalue weighted by atomic mass is 10.1. The molecule has 0 spiro atoms. The third-order valence-corrected chi connectivity index (χ3v) is 0.871. The first-order valence-electron chi connectivity index (χ1n) is 3.60. The van der Waals surface area contributed by atoms with Gasteiger partial charge in [0.05, 0.1) is 0 Å². The molecule has 0 aromatic rings. The Morgan fingerprint density at radius 2 is 1.40 bits per heavy atom. The molecule has 0 saturated carbocycles. The molecule has 0 amide bonds. The maximum Gasteiger partial charge on any atom is 0.200 e. The van der Waals surface area contributed by atoms with Gasteiger partial charge in [0.25, 0.3) is 0 Å². The fourth-order valence-electron chi connectivity index (χ4n) is 0.407. The second-order valence-corrected chi connectivity index (χ2v) is 2.08. The molecule has 0 rings (SSSR count). The van der Waals surface area contributed by atoms with Crippen LogP contribution in [0.1, 0.15) is 34.6 Å². The van der Waals surface area contributed by atoms with E-state index in [1.165, 1.54) is 6.92 Å². The van der Waals surface area contributed by atoms with Gasteiger partial charge in [0, 0.05) is 12.8 Å². The second-order valence-electron chi connectivity index (χ2n) is 2.08. The molecule has 0 fully saturated rings. The van der Waals surface area contributed by atoms with E-state index < -0.39 is 0 Å². The van der Waals surface area contributed by atoms with Crippen LogP contribution >= 0.6 is 0 Å². The van der Waals surface area contributed by atoms with Crippen LogP contribution in [0.15, 0.2) is 0 Å². The first-order valence-corrected chi connectivity index (χ1v) is 3.60. The highest BCUT2D eigenvalue weighted by Gasteiger charge is 2.10. The van der Waals surface area contributed by atoms with E-state index in [-0.39, 0.29) is 17.5 Å². The molecule has 0 aromatic heterocycles. The van der Waals surface area contributed by atoms with Crippen molar-refractivity contribution < 1.29 is 9.59 Å². The van der Waals surface area contributed by atoms with Crippen molar-refractivity contribution in [3.05, 3.63) is 0 Å². The largest absolute Gasteiger partial charge is 0.291 e. The first-order chi connectivity index (χ1) is 4.55. The normalized spacial score (nSPS) is 8.20. The number of rotatable bonds is 2. The summed E-state index contributed by atoms with van der Waals surface area (Å²) in [6, 6.07) is 0. The summed E-state index contributed by atoms with van der Waals surface area (Å²) in [6.07, 6.45) is 0. The van der Waals surface area contributed by atoms with E-state index in [1.807, 2.05) is 13.8 Å². The van der Waals surface area contributed by atoms with Gasteiger partial charge >= 0.3 is 0 Å². The number of Topliss-reactive ketones (excluding diaryl/α,β-unsaturated/α-hetero) is 2. The molecular weight excluding hydrogens is 128 g/mol. The van der Waals surface area contributed by atoms with Crippen molar-refractivity contribution in [3.63, 3.8) is 0 Å². The fourth-order valence-corrected chi connectivity index (χ4v) is 0.407. The zero-order valence-corrected chi connectivity index (χ0v) is 7.39. The van der Waals surface area contributed by atoms with Gasteiger partial charge in [0.2, 0.25) is 5.78 Å². The van der Waals surface area contributed by atoms with Crippen LogP contribution in [0.4, 0.5) is 0 Å². The third kappa shape index (κ3) is 5.48. The van der Waals surface area contributed by atoms with Crippen molar-refractivity contribution in [3.8, 4) is 0 Å².